The van der Waals surface area contributed by atoms with Gasteiger partial charge in [0.2, 0.25) is 0 Å². The highest BCUT2D eigenvalue weighted by Crippen LogP contribution is 2.37. The largest absolute Gasteiger partial charge is 0.456 e. The van der Waals surface area contributed by atoms with Gasteiger partial charge >= 0.3 is 12.1 Å². The van der Waals surface area contributed by atoms with E-state index in [-0.39, 0.29) is 12.6 Å². The molecule has 1 amide bonds. The molecule has 1 aliphatic heterocycles. The second-order valence-electron chi connectivity index (χ2n) is 7.91. The SMILES string of the molecule is CC(C)(C)OC(=O)c1c(NC(=O)OCc2ccccc2)sc2c1C[C@@H](CN)NC2. The number of hydrogen-bond donors (Lipinski definition) is 3. The van der Waals surface area contributed by atoms with Crippen LogP contribution >= 0.6 is 11.3 Å². The second kappa shape index (κ2) is 8.94. The minimum Gasteiger partial charge on any atom is -0.456 e. The van der Waals surface area contributed by atoms with Crippen LogP contribution in [0, 0.1) is 0 Å². The summed E-state index contributed by atoms with van der Waals surface area (Å²) in [4.78, 5) is 26.3. The molecule has 8 heteroatoms. The predicted octanol–water partition coefficient (Wildman–Crippen LogP) is 3.43. The van der Waals surface area contributed by atoms with Crippen molar-refractivity contribution in [3.05, 3.63) is 51.9 Å². The number of rotatable bonds is 5. The van der Waals surface area contributed by atoms with E-state index in [0.29, 0.717) is 30.1 Å². The van der Waals surface area contributed by atoms with Crippen molar-refractivity contribution in [1.82, 2.24) is 5.32 Å². The van der Waals surface area contributed by atoms with E-state index in [1.165, 1.54) is 11.3 Å². The van der Waals surface area contributed by atoms with Gasteiger partial charge in [0.1, 0.15) is 17.2 Å². The molecule has 4 N–H and O–H groups in total. The molecule has 0 spiro atoms. The van der Waals surface area contributed by atoms with Crippen LogP contribution < -0.4 is 16.4 Å². The molecule has 7 nitrogen and oxygen atoms in total. The number of carbonyl (C=O) groups excluding carboxylic acids is 2. The average Bonchev–Trinajstić information content (AvgIpc) is 3.02. The van der Waals surface area contributed by atoms with Gasteiger partial charge in [0, 0.05) is 24.0 Å². The number of thiophene rings is 1. The van der Waals surface area contributed by atoms with Crippen molar-refractivity contribution in [2.75, 3.05) is 11.9 Å². The van der Waals surface area contributed by atoms with Crippen molar-refractivity contribution in [2.24, 2.45) is 5.73 Å². The summed E-state index contributed by atoms with van der Waals surface area (Å²) >= 11 is 1.36. The van der Waals surface area contributed by atoms with Gasteiger partial charge in [-0.1, -0.05) is 30.3 Å². The van der Waals surface area contributed by atoms with E-state index in [1.54, 1.807) is 0 Å². The zero-order valence-electron chi connectivity index (χ0n) is 16.9. The predicted molar refractivity (Wildman–Crippen MR) is 113 cm³/mol. The number of nitrogens with one attached hydrogen (secondary N) is 2. The molecule has 0 bridgehead atoms. The average molecular weight is 418 g/mol. The Hall–Kier alpha value is -2.42. The molecule has 0 radical (unpaired) electrons. The topological polar surface area (TPSA) is 103 Å². The van der Waals surface area contributed by atoms with Crippen molar-refractivity contribution >= 4 is 28.4 Å². The number of carbonyl (C=O) groups is 2. The number of benzene rings is 1. The lowest BCUT2D eigenvalue weighted by molar-refractivity contribution is 0.00698. The van der Waals surface area contributed by atoms with Gasteiger partial charge in [0.05, 0.1) is 5.56 Å². The molecule has 156 valence electrons. The molecule has 0 unspecified atom stereocenters. The normalized spacial score (nSPS) is 16.1. The van der Waals surface area contributed by atoms with Crippen LogP contribution in [0.2, 0.25) is 0 Å². The third-order valence-electron chi connectivity index (χ3n) is 4.41. The molecule has 0 aliphatic carbocycles. The summed E-state index contributed by atoms with van der Waals surface area (Å²) in [7, 11) is 0. The van der Waals surface area contributed by atoms with Gasteiger partial charge in [-0.05, 0) is 38.3 Å². The van der Waals surface area contributed by atoms with Crippen LogP contribution in [-0.2, 0) is 29.0 Å². The third kappa shape index (κ3) is 5.56. The standard InChI is InChI=1S/C21H27N3O4S/c1-21(2,3)28-19(25)17-15-9-14(10-22)23-11-16(15)29-18(17)24-20(26)27-12-13-7-5-4-6-8-13/h4-8,14,23H,9-12,22H2,1-3H3,(H,24,26)/t14-/m0/s1. The van der Waals surface area contributed by atoms with Crippen LogP contribution in [0.4, 0.5) is 9.80 Å². The molecular weight excluding hydrogens is 390 g/mol. The molecule has 2 heterocycles. The van der Waals surface area contributed by atoms with Crippen LogP contribution in [-0.4, -0.2) is 30.3 Å². The fourth-order valence-electron chi connectivity index (χ4n) is 3.08. The minimum absolute atomic E-state index is 0.0798. The summed E-state index contributed by atoms with van der Waals surface area (Å²) in [5.41, 5.74) is 7.33. The Morgan fingerprint density at radius 1 is 1.28 bits per heavy atom. The number of esters is 1. The fourth-order valence-corrected chi connectivity index (χ4v) is 4.23. The Morgan fingerprint density at radius 3 is 2.66 bits per heavy atom. The first-order valence-corrected chi connectivity index (χ1v) is 10.4. The van der Waals surface area contributed by atoms with Gasteiger partial charge in [0.25, 0.3) is 0 Å². The first-order valence-electron chi connectivity index (χ1n) is 9.56. The molecule has 3 rings (SSSR count). The Bertz CT molecular complexity index is 874. The summed E-state index contributed by atoms with van der Waals surface area (Å²) in [6.07, 6.45) is -0.00178. The van der Waals surface area contributed by atoms with Gasteiger partial charge < -0.3 is 20.5 Å². The molecule has 0 fully saturated rings. The van der Waals surface area contributed by atoms with E-state index < -0.39 is 17.7 Å². The maximum Gasteiger partial charge on any atom is 0.412 e. The van der Waals surface area contributed by atoms with Gasteiger partial charge in [-0.15, -0.1) is 11.3 Å². The molecule has 1 atom stereocenters. The Balaban J connectivity index is 1.80. The molecule has 29 heavy (non-hydrogen) atoms. The first-order chi connectivity index (χ1) is 13.8. The summed E-state index contributed by atoms with van der Waals surface area (Å²) in [5.74, 6) is -0.453. The Kier molecular flexibility index (Phi) is 6.56. The van der Waals surface area contributed by atoms with Crippen LogP contribution in [0.1, 0.15) is 47.1 Å². The van der Waals surface area contributed by atoms with Crippen molar-refractivity contribution in [3.63, 3.8) is 0 Å². The third-order valence-corrected chi connectivity index (χ3v) is 5.56. The summed E-state index contributed by atoms with van der Waals surface area (Å²) in [5, 5.41) is 6.52. The van der Waals surface area contributed by atoms with E-state index >= 15 is 0 Å². The lowest BCUT2D eigenvalue weighted by Crippen LogP contribution is -2.41. The van der Waals surface area contributed by atoms with E-state index in [1.807, 2.05) is 51.1 Å². The summed E-state index contributed by atoms with van der Waals surface area (Å²) in [6.45, 7) is 6.65. The molecule has 0 saturated heterocycles. The number of fused-ring (bicyclic) bond motifs is 1. The molecule has 0 saturated carbocycles. The molecular formula is C21H27N3O4S. The molecule has 1 aliphatic rings. The number of hydrogen-bond acceptors (Lipinski definition) is 7. The molecule has 1 aromatic carbocycles. The van der Waals surface area contributed by atoms with Crippen LogP contribution in [0.5, 0.6) is 0 Å². The van der Waals surface area contributed by atoms with E-state index in [9.17, 15) is 9.59 Å². The number of ether oxygens (including phenoxy) is 2. The quantitative estimate of drug-likeness (QED) is 0.644. The first kappa shape index (κ1) is 21.3. The number of anilines is 1. The zero-order chi connectivity index (χ0) is 21.0. The monoisotopic (exact) mass is 417 g/mol. The lowest BCUT2D eigenvalue weighted by Gasteiger charge is -2.24. The van der Waals surface area contributed by atoms with Crippen LogP contribution in [0.15, 0.2) is 30.3 Å². The number of nitrogens with two attached hydrogens (primary N) is 1. The Labute approximate surface area is 174 Å². The summed E-state index contributed by atoms with van der Waals surface area (Å²) < 4.78 is 10.9. The van der Waals surface area contributed by atoms with Crippen molar-refractivity contribution in [2.45, 2.75) is 52.0 Å². The maximum absolute atomic E-state index is 12.9. The number of amides is 1. The van der Waals surface area contributed by atoms with Crippen LogP contribution in [0.25, 0.3) is 0 Å². The maximum atomic E-state index is 12.9. The lowest BCUT2D eigenvalue weighted by atomic mass is 9.98. The van der Waals surface area contributed by atoms with Crippen molar-refractivity contribution in [1.29, 1.82) is 0 Å². The van der Waals surface area contributed by atoms with Crippen molar-refractivity contribution < 1.29 is 19.1 Å². The highest BCUT2D eigenvalue weighted by molar-refractivity contribution is 7.17. The van der Waals surface area contributed by atoms with Gasteiger partial charge in [0.15, 0.2) is 0 Å². The zero-order valence-corrected chi connectivity index (χ0v) is 17.7. The van der Waals surface area contributed by atoms with Gasteiger partial charge in [-0.3, -0.25) is 5.32 Å². The van der Waals surface area contributed by atoms with E-state index in [2.05, 4.69) is 10.6 Å². The van der Waals surface area contributed by atoms with Gasteiger partial charge in [-0.2, -0.15) is 0 Å². The van der Waals surface area contributed by atoms with Gasteiger partial charge in [-0.25, -0.2) is 9.59 Å². The van der Waals surface area contributed by atoms with Crippen LogP contribution in [0.3, 0.4) is 0 Å². The van der Waals surface area contributed by atoms with E-state index in [0.717, 1.165) is 16.0 Å². The highest BCUT2D eigenvalue weighted by Gasteiger charge is 2.32. The van der Waals surface area contributed by atoms with Crippen molar-refractivity contribution in [3.8, 4) is 0 Å². The minimum atomic E-state index is -0.642. The highest BCUT2D eigenvalue weighted by atomic mass is 32.1. The smallest absolute Gasteiger partial charge is 0.412 e. The van der Waals surface area contributed by atoms with E-state index in [4.69, 9.17) is 15.2 Å². The molecule has 1 aromatic heterocycles. The Morgan fingerprint density at radius 2 is 2.00 bits per heavy atom. The molecule has 2 aromatic rings. The second-order valence-corrected chi connectivity index (χ2v) is 9.02. The summed E-state index contributed by atoms with van der Waals surface area (Å²) in [6, 6.07) is 9.49. The fraction of sp³-hybridized carbons (Fsp3) is 0.429.